The van der Waals surface area contributed by atoms with E-state index in [1.165, 1.54) is 24.1 Å². The van der Waals surface area contributed by atoms with Crippen LogP contribution in [0, 0.1) is 0 Å². The fourth-order valence-electron chi connectivity index (χ4n) is 2.66. The Bertz CT molecular complexity index is 392. The van der Waals surface area contributed by atoms with E-state index in [1.807, 2.05) is 0 Å². The molecule has 2 aliphatic heterocycles. The van der Waals surface area contributed by atoms with E-state index in [4.69, 9.17) is 0 Å². The Morgan fingerprint density at radius 2 is 2.07 bits per heavy atom. The average Bonchev–Trinajstić information content (AvgIpc) is 2.54. The van der Waals surface area contributed by atoms with Crippen LogP contribution in [0.1, 0.15) is 18.9 Å². The number of benzene rings is 1. The van der Waals surface area contributed by atoms with Crippen LogP contribution in [0.3, 0.4) is 0 Å². The molecule has 0 saturated carbocycles. The van der Waals surface area contributed by atoms with Crippen LogP contribution in [-0.2, 0) is 6.42 Å². The third-order valence-electron chi connectivity index (χ3n) is 3.39. The van der Waals surface area contributed by atoms with Gasteiger partial charge >= 0.3 is 0 Å². The second-order valence-electron chi connectivity index (χ2n) is 4.39. The van der Waals surface area contributed by atoms with Crippen molar-refractivity contribution >= 4 is 5.69 Å². The van der Waals surface area contributed by atoms with Gasteiger partial charge in [0, 0.05) is 18.3 Å². The standard InChI is InChI=1S/C13H15N/c1-10-6-7-14-12(8-10)9-11-4-2-3-5-13(11)14/h2-6,12H,7-9H2,1H3. The molecule has 14 heavy (non-hydrogen) atoms. The molecule has 0 radical (unpaired) electrons. The Labute approximate surface area is 85.0 Å². The number of rotatable bonds is 0. The van der Waals surface area contributed by atoms with Crippen LogP contribution in [-0.4, -0.2) is 12.6 Å². The quantitative estimate of drug-likeness (QED) is 0.562. The Kier molecular flexibility index (Phi) is 1.66. The van der Waals surface area contributed by atoms with Gasteiger partial charge in [-0.15, -0.1) is 0 Å². The van der Waals surface area contributed by atoms with E-state index in [-0.39, 0.29) is 0 Å². The molecule has 1 aromatic carbocycles. The smallest absolute Gasteiger partial charge is 0.0405 e. The topological polar surface area (TPSA) is 3.24 Å². The lowest BCUT2D eigenvalue weighted by Gasteiger charge is -2.30. The van der Waals surface area contributed by atoms with E-state index >= 15 is 0 Å². The lowest BCUT2D eigenvalue weighted by molar-refractivity contribution is 0.615. The number of hydrogen-bond donors (Lipinski definition) is 0. The lowest BCUT2D eigenvalue weighted by Crippen LogP contribution is -2.35. The van der Waals surface area contributed by atoms with Crippen LogP contribution in [0.15, 0.2) is 35.9 Å². The third-order valence-corrected chi connectivity index (χ3v) is 3.39. The molecule has 0 N–H and O–H groups in total. The van der Waals surface area contributed by atoms with E-state index in [0.717, 1.165) is 12.6 Å². The van der Waals surface area contributed by atoms with Crippen LogP contribution < -0.4 is 4.90 Å². The van der Waals surface area contributed by atoms with Gasteiger partial charge in [-0.1, -0.05) is 29.8 Å². The van der Waals surface area contributed by atoms with Crippen LogP contribution in [0.5, 0.6) is 0 Å². The highest BCUT2D eigenvalue weighted by molar-refractivity contribution is 5.60. The second-order valence-corrected chi connectivity index (χ2v) is 4.39. The zero-order valence-corrected chi connectivity index (χ0v) is 8.53. The maximum atomic E-state index is 2.54. The summed E-state index contributed by atoms with van der Waals surface area (Å²) in [6.07, 6.45) is 4.84. The molecule has 1 unspecified atom stereocenters. The Hall–Kier alpha value is -1.24. The fourth-order valence-corrected chi connectivity index (χ4v) is 2.66. The van der Waals surface area contributed by atoms with Crippen molar-refractivity contribution in [1.82, 2.24) is 0 Å². The molecule has 2 heterocycles. The van der Waals surface area contributed by atoms with E-state index in [0.29, 0.717) is 0 Å². The van der Waals surface area contributed by atoms with Crippen LogP contribution in [0.2, 0.25) is 0 Å². The van der Waals surface area contributed by atoms with Crippen molar-refractivity contribution in [3.63, 3.8) is 0 Å². The molecule has 1 heteroatoms. The summed E-state index contributed by atoms with van der Waals surface area (Å²) in [6, 6.07) is 9.55. The van der Waals surface area contributed by atoms with Crippen molar-refractivity contribution in [2.24, 2.45) is 0 Å². The van der Waals surface area contributed by atoms with Gasteiger partial charge in [-0.2, -0.15) is 0 Å². The van der Waals surface area contributed by atoms with E-state index < -0.39 is 0 Å². The Morgan fingerprint density at radius 1 is 1.21 bits per heavy atom. The highest BCUT2D eigenvalue weighted by Gasteiger charge is 2.30. The SMILES string of the molecule is CC1=CCN2c3ccccc3CC2C1. The second kappa shape index (κ2) is 2.88. The molecule has 0 fully saturated rings. The number of hydrogen-bond acceptors (Lipinski definition) is 1. The van der Waals surface area contributed by atoms with E-state index in [9.17, 15) is 0 Å². The minimum absolute atomic E-state index is 0.734. The molecular formula is C13H15N. The molecule has 1 nitrogen and oxygen atoms in total. The number of anilines is 1. The summed E-state index contributed by atoms with van der Waals surface area (Å²) in [4.78, 5) is 2.54. The van der Waals surface area contributed by atoms with Crippen molar-refractivity contribution in [3.8, 4) is 0 Å². The van der Waals surface area contributed by atoms with Gasteiger partial charge in [-0.3, -0.25) is 0 Å². The predicted octanol–water partition coefficient (Wildman–Crippen LogP) is 2.77. The minimum Gasteiger partial charge on any atom is -0.364 e. The first-order valence-electron chi connectivity index (χ1n) is 5.35. The van der Waals surface area contributed by atoms with Gasteiger partial charge < -0.3 is 4.90 Å². The largest absolute Gasteiger partial charge is 0.364 e. The van der Waals surface area contributed by atoms with Crippen molar-refractivity contribution in [2.75, 3.05) is 11.4 Å². The first-order chi connectivity index (χ1) is 6.84. The Balaban J connectivity index is 2.00. The van der Waals surface area contributed by atoms with Crippen LogP contribution in [0.4, 0.5) is 5.69 Å². The molecule has 0 aromatic heterocycles. The maximum Gasteiger partial charge on any atom is 0.0405 e. The molecule has 0 aliphatic carbocycles. The highest BCUT2D eigenvalue weighted by Crippen LogP contribution is 2.36. The summed E-state index contributed by atoms with van der Waals surface area (Å²) in [7, 11) is 0. The van der Waals surface area contributed by atoms with Gasteiger partial charge in [0.15, 0.2) is 0 Å². The zero-order valence-electron chi connectivity index (χ0n) is 8.53. The normalized spacial score (nSPS) is 24.2. The molecule has 3 rings (SSSR count). The molecule has 0 saturated heterocycles. The summed E-state index contributed by atoms with van der Waals surface area (Å²) in [5.41, 5.74) is 4.54. The lowest BCUT2D eigenvalue weighted by atomic mass is 10.0. The summed E-state index contributed by atoms with van der Waals surface area (Å²) in [6.45, 7) is 3.35. The molecular weight excluding hydrogens is 170 g/mol. The fraction of sp³-hybridized carbons (Fsp3) is 0.385. The molecule has 72 valence electrons. The van der Waals surface area contributed by atoms with Gasteiger partial charge in [0.2, 0.25) is 0 Å². The summed E-state index contributed by atoms with van der Waals surface area (Å²) in [5, 5.41) is 0. The number of para-hydroxylation sites is 1. The van der Waals surface area contributed by atoms with Crippen LogP contribution in [0.25, 0.3) is 0 Å². The number of fused-ring (bicyclic) bond motifs is 3. The molecule has 1 aromatic rings. The summed E-state index contributed by atoms with van der Waals surface area (Å²) < 4.78 is 0. The molecule has 0 amide bonds. The third kappa shape index (κ3) is 1.08. The first kappa shape index (κ1) is 8.10. The summed E-state index contributed by atoms with van der Waals surface area (Å²) >= 11 is 0. The van der Waals surface area contributed by atoms with E-state index in [1.54, 1.807) is 5.57 Å². The average molecular weight is 185 g/mol. The maximum absolute atomic E-state index is 2.54. The van der Waals surface area contributed by atoms with Crippen LogP contribution >= 0.6 is 0 Å². The molecule has 0 spiro atoms. The minimum atomic E-state index is 0.734. The Morgan fingerprint density at radius 3 is 3.00 bits per heavy atom. The molecule has 0 bridgehead atoms. The van der Waals surface area contributed by atoms with Gasteiger partial charge in [-0.25, -0.2) is 0 Å². The molecule has 2 aliphatic rings. The van der Waals surface area contributed by atoms with Crippen molar-refractivity contribution in [3.05, 3.63) is 41.5 Å². The van der Waals surface area contributed by atoms with Gasteiger partial charge in [0.05, 0.1) is 0 Å². The van der Waals surface area contributed by atoms with Gasteiger partial charge in [-0.05, 0) is 31.4 Å². The highest BCUT2D eigenvalue weighted by atomic mass is 15.2. The van der Waals surface area contributed by atoms with Gasteiger partial charge in [0.1, 0.15) is 0 Å². The van der Waals surface area contributed by atoms with Crippen molar-refractivity contribution in [1.29, 1.82) is 0 Å². The van der Waals surface area contributed by atoms with Gasteiger partial charge in [0.25, 0.3) is 0 Å². The number of nitrogens with zero attached hydrogens (tertiary/aromatic N) is 1. The monoisotopic (exact) mass is 185 g/mol. The van der Waals surface area contributed by atoms with Crippen molar-refractivity contribution < 1.29 is 0 Å². The predicted molar refractivity (Wildman–Crippen MR) is 59.7 cm³/mol. The van der Waals surface area contributed by atoms with Crippen molar-refractivity contribution in [2.45, 2.75) is 25.8 Å². The zero-order chi connectivity index (χ0) is 9.54. The van der Waals surface area contributed by atoms with E-state index in [2.05, 4.69) is 42.2 Å². The summed E-state index contributed by atoms with van der Waals surface area (Å²) in [5.74, 6) is 0. The first-order valence-corrected chi connectivity index (χ1v) is 5.35. The molecule has 1 atom stereocenters.